The Kier molecular flexibility index (Phi) is 8.89. The molecular weight excluding hydrogens is 480 g/mol. The number of carbonyl (C=O) groups excluding carboxylic acids is 2. The number of hydrogen-bond donors (Lipinski definition) is 1. The van der Waals surface area contributed by atoms with Crippen LogP contribution in [0.2, 0.25) is 0 Å². The van der Waals surface area contributed by atoms with Gasteiger partial charge in [0, 0.05) is 13.1 Å². The van der Waals surface area contributed by atoms with E-state index in [9.17, 15) is 9.59 Å². The third-order valence-electron chi connectivity index (χ3n) is 5.65. The molecule has 0 spiro atoms. The number of fused-ring (bicyclic) bond motifs is 1. The molecule has 174 valence electrons. The minimum atomic E-state index is -0.612. The quantitative estimate of drug-likeness (QED) is 0.360. The number of halogens is 1. The minimum Gasteiger partial charge on any atom is -0.483 e. The van der Waals surface area contributed by atoms with Crippen LogP contribution in [0.15, 0.2) is 65.1 Å². The van der Waals surface area contributed by atoms with E-state index in [1.165, 1.54) is 0 Å². The van der Waals surface area contributed by atoms with Crippen LogP contribution in [0.4, 0.5) is 0 Å². The van der Waals surface area contributed by atoms with Crippen LogP contribution in [0.5, 0.6) is 5.75 Å². The van der Waals surface area contributed by atoms with E-state index in [1.807, 2.05) is 67.6 Å². The standard InChI is InChI=1S/C27H31BrN2O3/c1-4-5-16-29-27(32)20(3)30(17-21-12-10-19(2)11-13-21)25(31)18-33-24-15-14-22-8-6-7-9-23(22)26(24)28/h6-15,20H,4-5,16-18H2,1-3H3,(H,29,32)/t20-/m0/s1. The Labute approximate surface area is 204 Å². The summed E-state index contributed by atoms with van der Waals surface area (Å²) in [7, 11) is 0. The summed E-state index contributed by atoms with van der Waals surface area (Å²) in [5, 5.41) is 5.04. The van der Waals surface area contributed by atoms with Crippen molar-refractivity contribution in [1.29, 1.82) is 0 Å². The molecule has 3 aromatic rings. The molecule has 1 N–H and O–H groups in total. The minimum absolute atomic E-state index is 0.157. The Morgan fingerprint density at radius 2 is 1.79 bits per heavy atom. The number of nitrogens with one attached hydrogen (secondary N) is 1. The lowest BCUT2D eigenvalue weighted by Gasteiger charge is -2.29. The van der Waals surface area contributed by atoms with Gasteiger partial charge in [-0.1, -0.05) is 73.5 Å². The molecule has 6 heteroatoms. The summed E-state index contributed by atoms with van der Waals surface area (Å²) in [6.45, 7) is 6.64. The highest BCUT2D eigenvalue weighted by Gasteiger charge is 2.26. The zero-order valence-electron chi connectivity index (χ0n) is 19.4. The summed E-state index contributed by atoms with van der Waals surface area (Å²) in [5.74, 6) is 0.196. The van der Waals surface area contributed by atoms with Crippen molar-refractivity contribution >= 4 is 38.5 Å². The smallest absolute Gasteiger partial charge is 0.261 e. The van der Waals surface area contributed by atoms with Gasteiger partial charge in [0.1, 0.15) is 11.8 Å². The van der Waals surface area contributed by atoms with Crippen LogP contribution >= 0.6 is 15.9 Å². The van der Waals surface area contributed by atoms with E-state index < -0.39 is 6.04 Å². The number of hydrogen-bond acceptors (Lipinski definition) is 3. The Hall–Kier alpha value is -2.86. The third-order valence-corrected chi connectivity index (χ3v) is 6.47. The largest absolute Gasteiger partial charge is 0.483 e. The van der Waals surface area contributed by atoms with Gasteiger partial charge in [-0.15, -0.1) is 0 Å². The molecule has 0 aromatic heterocycles. The molecule has 0 aliphatic rings. The molecule has 0 fully saturated rings. The molecule has 0 bridgehead atoms. The Morgan fingerprint density at radius 3 is 2.52 bits per heavy atom. The van der Waals surface area contributed by atoms with E-state index in [1.54, 1.807) is 11.8 Å². The van der Waals surface area contributed by atoms with Crippen molar-refractivity contribution in [3.8, 4) is 5.75 Å². The lowest BCUT2D eigenvalue weighted by Crippen LogP contribution is -2.49. The zero-order valence-corrected chi connectivity index (χ0v) is 21.0. The highest BCUT2D eigenvalue weighted by molar-refractivity contribution is 9.10. The molecule has 0 radical (unpaired) electrons. The van der Waals surface area contributed by atoms with E-state index >= 15 is 0 Å². The van der Waals surface area contributed by atoms with Gasteiger partial charge in [0.05, 0.1) is 4.47 Å². The van der Waals surface area contributed by atoms with Gasteiger partial charge in [0.15, 0.2) is 6.61 Å². The number of ether oxygens (including phenoxy) is 1. The lowest BCUT2D eigenvalue weighted by atomic mass is 10.1. The first-order chi connectivity index (χ1) is 15.9. The van der Waals surface area contributed by atoms with Gasteiger partial charge in [0.2, 0.25) is 5.91 Å². The predicted molar refractivity (Wildman–Crippen MR) is 136 cm³/mol. The third kappa shape index (κ3) is 6.57. The number of carbonyl (C=O) groups is 2. The van der Waals surface area contributed by atoms with Crippen LogP contribution in [0, 0.1) is 6.92 Å². The monoisotopic (exact) mass is 510 g/mol. The van der Waals surface area contributed by atoms with Gasteiger partial charge in [0.25, 0.3) is 5.91 Å². The second-order valence-electron chi connectivity index (χ2n) is 8.22. The van der Waals surface area contributed by atoms with Crippen LogP contribution in [0.1, 0.15) is 37.8 Å². The average Bonchev–Trinajstić information content (AvgIpc) is 2.83. The molecule has 0 heterocycles. The summed E-state index contributed by atoms with van der Waals surface area (Å²) in [6, 6.07) is 19.2. The van der Waals surface area contributed by atoms with E-state index in [0.29, 0.717) is 18.8 Å². The number of unbranched alkanes of at least 4 members (excludes halogenated alkanes) is 1. The molecule has 3 rings (SSSR count). The van der Waals surface area contributed by atoms with E-state index in [4.69, 9.17) is 4.74 Å². The first-order valence-electron chi connectivity index (χ1n) is 11.3. The Balaban J connectivity index is 1.75. The fourth-order valence-electron chi connectivity index (χ4n) is 3.56. The van der Waals surface area contributed by atoms with Crippen LogP contribution in [-0.2, 0) is 16.1 Å². The van der Waals surface area contributed by atoms with Crippen LogP contribution in [0.25, 0.3) is 10.8 Å². The van der Waals surface area contributed by atoms with Crippen molar-refractivity contribution in [2.45, 2.75) is 46.2 Å². The summed E-state index contributed by atoms with van der Waals surface area (Å²) in [5.41, 5.74) is 2.11. The van der Waals surface area contributed by atoms with E-state index in [2.05, 4.69) is 28.2 Å². The summed E-state index contributed by atoms with van der Waals surface area (Å²) in [6.07, 6.45) is 1.90. The first-order valence-corrected chi connectivity index (χ1v) is 12.1. The molecule has 0 saturated heterocycles. The maximum atomic E-state index is 13.2. The molecular formula is C27H31BrN2O3. The number of aryl methyl sites for hydroxylation is 1. The molecule has 0 aliphatic carbocycles. The highest BCUT2D eigenvalue weighted by Crippen LogP contribution is 2.33. The van der Waals surface area contributed by atoms with E-state index in [-0.39, 0.29) is 18.4 Å². The average molecular weight is 511 g/mol. The van der Waals surface area contributed by atoms with Crippen molar-refractivity contribution in [3.63, 3.8) is 0 Å². The number of benzene rings is 3. The number of nitrogens with zero attached hydrogens (tertiary/aromatic N) is 1. The molecule has 0 saturated carbocycles. The SMILES string of the molecule is CCCCNC(=O)[C@H](C)N(Cc1ccc(C)cc1)C(=O)COc1ccc2ccccc2c1Br. The van der Waals surface area contributed by atoms with Crippen molar-refractivity contribution in [2.24, 2.45) is 0 Å². The zero-order chi connectivity index (χ0) is 23.8. The summed E-state index contributed by atoms with van der Waals surface area (Å²) >= 11 is 3.60. The van der Waals surface area contributed by atoms with Gasteiger partial charge >= 0.3 is 0 Å². The maximum Gasteiger partial charge on any atom is 0.261 e. The van der Waals surface area contributed by atoms with Crippen molar-refractivity contribution < 1.29 is 14.3 Å². The second-order valence-corrected chi connectivity index (χ2v) is 9.01. The predicted octanol–water partition coefficient (Wildman–Crippen LogP) is 5.62. The first kappa shape index (κ1) is 24.8. The van der Waals surface area contributed by atoms with Crippen molar-refractivity contribution in [2.75, 3.05) is 13.2 Å². The fraction of sp³-hybridized carbons (Fsp3) is 0.333. The van der Waals surface area contributed by atoms with Gasteiger partial charge in [-0.2, -0.15) is 0 Å². The van der Waals surface area contributed by atoms with Gasteiger partial charge in [-0.3, -0.25) is 9.59 Å². The molecule has 0 unspecified atom stereocenters. The van der Waals surface area contributed by atoms with Gasteiger partial charge < -0.3 is 15.0 Å². The highest BCUT2D eigenvalue weighted by atomic mass is 79.9. The summed E-state index contributed by atoms with van der Waals surface area (Å²) < 4.78 is 6.71. The molecule has 3 aromatic carbocycles. The second kappa shape index (κ2) is 11.8. The Bertz CT molecular complexity index is 1100. The lowest BCUT2D eigenvalue weighted by molar-refractivity contribution is -0.142. The van der Waals surface area contributed by atoms with Gasteiger partial charge in [-0.05, 0) is 58.6 Å². The Morgan fingerprint density at radius 1 is 1.06 bits per heavy atom. The number of rotatable bonds is 10. The molecule has 5 nitrogen and oxygen atoms in total. The van der Waals surface area contributed by atoms with Crippen LogP contribution in [-0.4, -0.2) is 35.9 Å². The van der Waals surface area contributed by atoms with Crippen LogP contribution in [0.3, 0.4) is 0 Å². The molecule has 33 heavy (non-hydrogen) atoms. The van der Waals surface area contributed by atoms with Gasteiger partial charge in [-0.25, -0.2) is 0 Å². The van der Waals surface area contributed by atoms with E-state index in [0.717, 1.165) is 39.2 Å². The molecule has 1 atom stereocenters. The fourth-order valence-corrected chi connectivity index (χ4v) is 4.16. The maximum absolute atomic E-state index is 13.2. The molecule has 0 aliphatic heterocycles. The summed E-state index contributed by atoms with van der Waals surface area (Å²) in [4.78, 5) is 27.6. The van der Waals surface area contributed by atoms with Crippen molar-refractivity contribution in [1.82, 2.24) is 10.2 Å². The number of amides is 2. The normalized spacial score (nSPS) is 11.8. The van der Waals surface area contributed by atoms with Crippen molar-refractivity contribution in [3.05, 3.63) is 76.3 Å². The van der Waals surface area contributed by atoms with Crippen LogP contribution < -0.4 is 10.1 Å². The molecule has 2 amide bonds. The topological polar surface area (TPSA) is 58.6 Å².